The highest BCUT2D eigenvalue weighted by Gasteiger charge is 2.46. The van der Waals surface area contributed by atoms with Crippen molar-refractivity contribution in [3.05, 3.63) is 33.1 Å². The summed E-state index contributed by atoms with van der Waals surface area (Å²) in [4.78, 5) is 30.2. The highest BCUT2D eigenvalue weighted by atomic mass is 16.7. The van der Waals surface area contributed by atoms with E-state index in [0.717, 1.165) is 17.1 Å². The number of aliphatic hydroxyl groups excluding tert-OH is 2. The van der Waals surface area contributed by atoms with Gasteiger partial charge in [-0.1, -0.05) is 6.92 Å². The van der Waals surface area contributed by atoms with Gasteiger partial charge in [0.15, 0.2) is 6.23 Å². The molecule has 0 aromatic carbocycles. The van der Waals surface area contributed by atoms with Gasteiger partial charge in [0, 0.05) is 18.8 Å². The average molecular weight is 301 g/mol. The van der Waals surface area contributed by atoms with E-state index in [1.54, 1.807) is 0 Å². The molecule has 2 rings (SSSR count). The van der Waals surface area contributed by atoms with Crippen molar-refractivity contribution >= 4 is 0 Å². The van der Waals surface area contributed by atoms with Crippen LogP contribution in [-0.4, -0.2) is 51.2 Å². The maximum atomic E-state index is 11.7. The zero-order chi connectivity index (χ0) is 15.4. The van der Waals surface area contributed by atoms with Gasteiger partial charge >= 0.3 is 5.69 Å². The molecule has 118 valence electrons. The molecule has 0 radical (unpaired) electrons. The molecule has 1 aliphatic heterocycles. The normalized spacial score (nSPS) is 28.9. The summed E-state index contributed by atoms with van der Waals surface area (Å²) in [7, 11) is 0. The number of nitrogens with zero attached hydrogens (tertiary/aromatic N) is 1. The molecule has 2 unspecified atom stereocenters. The number of rotatable bonds is 6. The largest absolute Gasteiger partial charge is 0.394 e. The van der Waals surface area contributed by atoms with Crippen LogP contribution in [0.4, 0.5) is 0 Å². The Hall–Kier alpha value is -1.52. The Labute approximate surface area is 120 Å². The molecule has 1 fully saturated rings. The van der Waals surface area contributed by atoms with E-state index < -0.39 is 35.8 Å². The molecule has 0 spiro atoms. The Balaban J connectivity index is 2.18. The molecule has 1 aromatic rings. The SMILES string of the molecule is CCCNOC1C(O)[C@@H](n2ccc(=O)[nH]c2=O)O[C@H]1CO. The summed E-state index contributed by atoms with van der Waals surface area (Å²) in [6, 6.07) is 1.15. The fraction of sp³-hybridized carbons (Fsp3) is 0.667. The number of ether oxygens (including phenoxy) is 1. The second-order valence-corrected chi connectivity index (χ2v) is 4.73. The number of hydrogen-bond acceptors (Lipinski definition) is 7. The predicted molar refractivity (Wildman–Crippen MR) is 71.5 cm³/mol. The number of hydroxylamine groups is 1. The minimum Gasteiger partial charge on any atom is -0.394 e. The standard InChI is InChI=1S/C12H19N3O6/c1-2-4-13-21-10-7(6-16)20-11(9(10)18)15-5-3-8(17)14-12(15)19/h3,5,7,9-11,13,16,18H,2,4,6H2,1H3,(H,14,17,19)/t7-,9?,10?,11-/m0/s1. The molecular formula is C12H19N3O6. The molecular weight excluding hydrogens is 282 g/mol. The number of aromatic amines is 1. The molecule has 0 saturated carbocycles. The Morgan fingerprint density at radius 1 is 1.52 bits per heavy atom. The minimum atomic E-state index is -1.17. The third-order valence-electron chi connectivity index (χ3n) is 3.19. The molecule has 21 heavy (non-hydrogen) atoms. The Kier molecular flexibility index (Phi) is 5.26. The van der Waals surface area contributed by atoms with Crippen LogP contribution in [0.25, 0.3) is 0 Å². The van der Waals surface area contributed by atoms with Crippen molar-refractivity contribution in [3.8, 4) is 0 Å². The van der Waals surface area contributed by atoms with Gasteiger partial charge in [0.25, 0.3) is 5.56 Å². The van der Waals surface area contributed by atoms with Crippen LogP contribution in [0.5, 0.6) is 0 Å². The molecule has 1 saturated heterocycles. The quantitative estimate of drug-likeness (QED) is 0.357. The van der Waals surface area contributed by atoms with Crippen molar-refractivity contribution in [2.24, 2.45) is 0 Å². The number of H-pyrrole nitrogens is 1. The molecule has 0 amide bonds. The number of aromatic nitrogens is 2. The molecule has 9 heteroatoms. The van der Waals surface area contributed by atoms with Crippen LogP contribution in [0, 0.1) is 0 Å². The highest BCUT2D eigenvalue weighted by molar-refractivity contribution is 4.93. The molecule has 0 aliphatic carbocycles. The van der Waals surface area contributed by atoms with Crippen LogP contribution >= 0.6 is 0 Å². The van der Waals surface area contributed by atoms with Crippen molar-refractivity contribution in [2.75, 3.05) is 13.2 Å². The minimum absolute atomic E-state index is 0.371. The second kappa shape index (κ2) is 6.96. The van der Waals surface area contributed by atoms with Crippen molar-refractivity contribution in [1.82, 2.24) is 15.0 Å². The van der Waals surface area contributed by atoms with Gasteiger partial charge in [-0.3, -0.25) is 19.2 Å². The van der Waals surface area contributed by atoms with E-state index in [-0.39, 0.29) is 6.61 Å². The first kappa shape index (κ1) is 15.9. The van der Waals surface area contributed by atoms with Gasteiger partial charge in [-0.05, 0) is 6.42 Å². The molecule has 1 aromatic heterocycles. The monoisotopic (exact) mass is 301 g/mol. The van der Waals surface area contributed by atoms with Crippen molar-refractivity contribution in [1.29, 1.82) is 0 Å². The van der Waals surface area contributed by atoms with E-state index in [2.05, 4.69) is 10.5 Å². The van der Waals surface area contributed by atoms with Crippen LogP contribution in [0.2, 0.25) is 0 Å². The fourth-order valence-corrected chi connectivity index (χ4v) is 2.13. The maximum Gasteiger partial charge on any atom is 0.330 e. The van der Waals surface area contributed by atoms with Crippen LogP contribution in [-0.2, 0) is 9.57 Å². The van der Waals surface area contributed by atoms with Gasteiger partial charge in [-0.25, -0.2) is 10.3 Å². The Morgan fingerprint density at radius 3 is 2.90 bits per heavy atom. The maximum absolute atomic E-state index is 11.7. The molecule has 2 heterocycles. The molecule has 1 aliphatic rings. The fourth-order valence-electron chi connectivity index (χ4n) is 2.13. The summed E-state index contributed by atoms with van der Waals surface area (Å²) in [5.41, 5.74) is 1.43. The zero-order valence-corrected chi connectivity index (χ0v) is 11.6. The summed E-state index contributed by atoms with van der Waals surface area (Å²) >= 11 is 0. The van der Waals surface area contributed by atoms with E-state index in [9.17, 15) is 19.8 Å². The summed E-state index contributed by atoms with van der Waals surface area (Å²) in [5, 5.41) is 19.5. The van der Waals surface area contributed by atoms with E-state index in [0.29, 0.717) is 6.54 Å². The lowest BCUT2D eigenvalue weighted by Gasteiger charge is -2.19. The van der Waals surface area contributed by atoms with Crippen LogP contribution in [0.3, 0.4) is 0 Å². The van der Waals surface area contributed by atoms with Gasteiger partial charge in [0.2, 0.25) is 0 Å². The van der Waals surface area contributed by atoms with Gasteiger partial charge in [0.1, 0.15) is 18.3 Å². The summed E-state index contributed by atoms with van der Waals surface area (Å²) in [5.74, 6) is 0. The van der Waals surface area contributed by atoms with Crippen molar-refractivity contribution < 1.29 is 19.8 Å². The Morgan fingerprint density at radius 2 is 2.29 bits per heavy atom. The first-order valence-electron chi connectivity index (χ1n) is 6.72. The van der Waals surface area contributed by atoms with Crippen LogP contribution < -0.4 is 16.7 Å². The topological polar surface area (TPSA) is 126 Å². The van der Waals surface area contributed by atoms with Gasteiger partial charge in [0.05, 0.1) is 6.61 Å². The van der Waals surface area contributed by atoms with E-state index in [1.165, 1.54) is 6.20 Å². The van der Waals surface area contributed by atoms with Gasteiger partial charge < -0.3 is 14.9 Å². The number of hydrogen-bond donors (Lipinski definition) is 4. The average Bonchev–Trinajstić information content (AvgIpc) is 2.76. The van der Waals surface area contributed by atoms with E-state index in [4.69, 9.17) is 9.57 Å². The number of aliphatic hydroxyl groups is 2. The van der Waals surface area contributed by atoms with Gasteiger partial charge in [-0.15, -0.1) is 0 Å². The van der Waals surface area contributed by atoms with Crippen molar-refractivity contribution in [2.45, 2.75) is 37.9 Å². The summed E-state index contributed by atoms with van der Waals surface area (Å²) in [6.07, 6.45) is -1.77. The summed E-state index contributed by atoms with van der Waals surface area (Å²) in [6.45, 7) is 2.15. The molecule has 9 nitrogen and oxygen atoms in total. The van der Waals surface area contributed by atoms with E-state index in [1.807, 2.05) is 6.92 Å². The van der Waals surface area contributed by atoms with Crippen LogP contribution in [0.15, 0.2) is 21.9 Å². The molecule has 4 atom stereocenters. The molecule has 0 bridgehead atoms. The van der Waals surface area contributed by atoms with Crippen molar-refractivity contribution in [3.63, 3.8) is 0 Å². The van der Waals surface area contributed by atoms with Gasteiger partial charge in [-0.2, -0.15) is 0 Å². The zero-order valence-electron chi connectivity index (χ0n) is 11.6. The molecule has 4 N–H and O–H groups in total. The predicted octanol–water partition coefficient (Wildman–Crippen LogP) is -1.91. The van der Waals surface area contributed by atoms with Crippen LogP contribution in [0.1, 0.15) is 19.6 Å². The third-order valence-corrected chi connectivity index (χ3v) is 3.19. The highest BCUT2D eigenvalue weighted by Crippen LogP contribution is 2.29. The lowest BCUT2D eigenvalue weighted by Crippen LogP contribution is -2.41. The second-order valence-electron chi connectivity index (χ2n) is 4.73. The summed E-state index contributed by atoms with van der Waals surface area (Å²) < 4.78 is 6.50. The lowest BCUT2D eigenvalue weighted by molar-refractivity contribution is -0.0980. The van der Waals surface area contributed by atoms with E-state index >= 15 is 0 Å². The lowest BCUT2D eigenvalue weighted by atomic mass is 10.1. The first-order chi connectivity index (χ1) is 10.1. The smallest absolute Gasteiger partial charge is 0.330 e. The number of nitrogens with one attached hydrogen (secondary N) is 2. The first-order valence-corrected chi connectivity index (χ1v) is 6.72. The third kappa shape index (κ3) is 3.39. The Bertz CT molecular complexity index is 571.